The zero-order valence-electron chi connectivity index (χ0n) is 55.4. The van der Waals surface area contributed by atoms with E-state index in [1.54, 1.807) is 17.7 Å². The normalized spacial score (nSPS) is 36.8. The van der Waals surface area contributed by atoms with Crippen molar-refractivity contribution in [2.75, 3.05) is 33.4 Å². The second-order valence-electron chi connectivity index (χ2n) is 31.5. The third kappa shape index (κ3) is 12.1. The van der Waals surface area contributed by atoms with Crippen LogP contribution < -0.4 is 42.8 Å². The summed E-state index contributed by atoms with van der Waals surface area (Å²) in [5.41, 5.74) is 24.0. The molecule has 15 aliphatic rings. The molecule has 94 heavy (non-hydrogen) atoms. The number of carbonyl (C=O) groups excluding carboxylic acids is 2. The number of phenolic OH excluding ortho intramolecular Hbond substituents is 1. The quantitative estimate of drug-likeness (QED) is 0.0547. The van der Waals surface area contributed by atoms with Gasteiger partial charge in [0.25, 0.3) is 0 Å². The van der Waals surface area contributed by atoms with Crippen LogP contribution in [0.4, 0.5) is 0 Å². The Morgan fingerprint density at radius 3 is 2.57 bits per heavy atom. The molecule has 8 heterocycles. The molecule has 8 fully saturated rings. The number of methoxy groups -OCH3 is 1. The average Bonchev–Trinajstić information content (AvgIpc) is 1.51. The van der Waals surface area contributed by atoms with E-state index < -0.39 is 18.9 Å². The second-order valence-corrected chi connectivity index (χ2v) is 31.5. The Morgan fingerprint density at radius 2 is 1.72 bits per heavy atom. The lowest BCUT2D eigenvalue weighted by molar-refractivity contribution is -0.126. The minimum atomic E-state index is -0.484. The summed E-state index contributed by atoms with van der Waals surface area (Å²) in [6, 6.07) is 26.6. The Kier molecular flexibility index (Phi) is 18.0. The molecule has 17 atom stereocenters. The number of hydrogen-bond acceptors (Lipinski definition) is 14. The number of dihydropyridines is 1. The van der Waals surface area contributed by atoms with Crippen molar-refractivity contribution < 1.29 is 29.6 Å². The number of nitrogens with two attached hydrogens (primary N) is 2. The number of nitrogens with zero attached hydrogens (tertiary/aromatic N) is 1. The lowest BCUT2D eigenvalue weighted by atomic mass is 9.50. The van der Waals surface area contributed by atoms with Crippen LogP contribution in [0.15, 0.2) is 125 Å². The molecule has 1 saturated heterocycles. The first-order chi connectivity index (χ1) is 45.8. The monoisotopic (exact) mass is 1270 g/mol. The third-order valence-electron chi connectivity index (χ3n) is 26.6. The molecule has 14 heteroatoms. The van der Waals surface area contributed by atoms with E-state index in [0.717, 1.165) is 127 Å². The first kappa shape index (κ1) is 63.7. The predicted molar refractivity (Wildman–Crippen MR) is 370 cm³/mol. The van der Waals surface area contributed by atoms with Gasteiger partial charge in [-0.3, -0.25) is 9.59 Å². The highest BCUT2D eigenvalue weighted by molar-refractivity contribution is 6.08. The number of nitrogens with one attached hydrogen (secondary N) is 5. The van der Waals surface area contributed by atoms with E-state index in [0.29, 0.717) is 95.8 Å². The largest absolute Gasteiger partial charge is 0.504 e. The number of piperidine rings is 1. The first-order valence-corrected chi connectivity index (χ1v) is 36.4. The van der Waals surface area contributed by atoms with Crippen molar-refractivity contribution in [3.63, 3.8) is 0 Å². The fraction of sp³-hybridized carbons (Fsp3) is 0.588. The van der Waals surface area contributed by atoms with Crippen molar-refractivity contribution in [1.82, 2.24) is 26.6 Å². The predicted octanol–water partition coefficient (Wildman–Crippen LogP) is 9.96. The van der Waals surface area contributed by atoms with Crippen molar-refractivity contribution in [2.24, 2.45) is 86.0 Å². The minimum absolute atomic E-state index is 0.00316. The number of allylic oxidation sites excluding steroid dienone is 3. The van der Waals surface area contributed by atoms with Gasteiger partial charge in [-0.05, 0) is 273 Å². The molecule has 8 bridgehead atoms. The van der Waals surface area contributed by atoms with E-state index in [9.17, 15) is 24.9 Å². The maximum absolute atomic E-state index is 14.9. The van der Waals surface area contributed by atoms with E-state index in [1.807, 2.05) is 6.20 Å². The van der Waals surface area contributed by atoms with E-state index in [4.69, 9.17) is 21.2 Å². The van der Waals surface area contributed by atoms with Crippen LogP contribution in [-0.4, -0.2) is 103 Å². The molecule has 18 rings (SSSR count). The molecule has 7 aliphatic carbocycles. The SMILES string of the molecule is COc1cc2c(cc1O)CC1=CNC(N)C=C1C(Cc1cccc(CCc3ccccc3)c1)CC#CN=C(N)NC1CC3=C4CCC5(CCCC5)C(O)C4NC4CC5(CC6C7CCNCC7CC7C=CCNC76)CC(CCC5C45CCC(C1)C35)CC(=O)CC(=O)C=C2CO. The maximum atomic E-state index is 14.9. The van der Waals surface area contributed by atoms with Crippen LogP contribution in [0.2, 0.25) is 0 Å². The highest BCUT2D eigenvalue weighted by Crippen LogP contribution is 2.75. The van der Waals surface area contributed by atoms with E-state index in [1.165, 1.54) is 61.1 Å². The summed E-state index contributed by atoms with van der Waals surface area (Å²) in [5.74, 6) is 7.11. The zero-order chi connectivity index (χ0) is 64.3. The molecule has 12 N–H and O–H groups in total. The molecule has 8 aliphatic heterocycles. The molecule has 0 aromatic heterocycles. The van der Waals surface area contributed by atoms with Gasteiger partial charge in [-0.2, -0.15) is 4.99 Å². The van der Waals surface area contributed by atoms with Crippen LogP contribution in [0.1, 0.15) is 156 Å². The van der Waals surface area contributed by atoms with Gasteiger partial charge in [0, 0.05) is 49.8 Å². The molecule has 17 unspecified atom stereocenters. The number of carbonyl (C=O) groups is 2. The van der Waals surface area contributed by atoms with Crippen molar-refractivity contribution in [3.05, 3.63) is 147 Å². The van der Waals surface area contributed by atoms with E-state index in [2.05, 4.69) is 111 Å². The van der Waals surface area contributed by atoms with Gasteiger partial charge >= 0.3 is 0 Å². The van der Waals surface area contributed by atoms with Crippen LogP contribution in [0.5, 0.6) is 11.5 Å². The number of rotatable bonds is 9. The standard InChI is InChI=1S/C80H102N8O6/c1-94-69-40-64-55(37-68(69)92)34-57-46-86-72(81)41-65(57)52(31-50-13-7-12-49(30-50)17-16-48-10-3-2-4-11-48)14-8-28-85-77(82)87-59-35-53-20-26-80-70-19-18-51(32-60(90)39-61(91)36-58(64)47-89)42-79(70,43-67-62-22-29-83-45-56(62)33-54-15-9-27-84-74(54)67)44-71(80)88-75-63(66(38-59)73(53)80)21-25-78(76(75)93)23-5-6-24-78/h2-4,7,9-13,15,30,36-37,40-41,46,51-54,56,59,62,67,70-76,83-84,86,88-89,92-93H,5-6,14,16-27,29,31-35,38-39,42-45,47,81H2,1H3,(H3,82,85,87). The lowest BCUT2D eigenvalue weighted by Gasteiger charge is -2.56. The van der Waals surface area contributed by atoms with Crippen molar-refractivity contribution in [1.29, 1.82) is 0 Å². The second kappa shape index (κ2) is 26.6. The number of aliphatic hydroxyl groups excluding tert-OH is 2. The topological polar surface area (TPSA) is 229 Å². The summed E-state index contributed by atoms with van der Waals surface area (Å²) in [6.45, 7) is 2.57. The summed E-state index contributed by atoms with van der Waals surface area (Å²) in [5, 5.41) is 55.7. The van der Waals surface area contributed by atoms with Gasteiger partial charge in [-0.25, -0.2) is 0 Å². The van der Waals surface area contributed by atoms with Crippen LogP contribution in [0.3, 0.4) is 0 Å². The molecule has 0 amide bonds. The fourth-order valence-electron chi connectivity index (χ4n) is 23.0. The maximum Gasteiger partial charge on any atom is 0.202 e. The van der Waals surface area contributed by atoms with Gasteiger partial charge in [0.1, 0.15) is 5.78 Å². The average molecular weight is 1270 g/mol. The number of ketones is 2. The Labute approximate surface area is 557 Å². The first-order valence-electron chi connectivity index (χ1n) is 36.4. The number of fused-ring (bicyclic) bond motifs is 3. The molecule has 498 valence electrons. The number of aliphatic imine (C=N–C) groups is 1. The Hall–Kier alpha value is -6.31. The van der Waals surface area contributed by atoms with Gasteiger partial charge in [-0.1, -0.05) is 96.7 Å². The third-order valence-corrected chi connectivity index (χ3v) is 26.6. The van der Waals surface area contributed by atoms with Gasteiger partial charge in [-0.15, -0.1) is 0 Å². The number of hydrogen-bond donors (Lipinski definition) is 10. The summed E-state index contributed by atoms with van der Waals surface area (Å²) in [4.78, 5) is 34.4. The number of benzene rings is 3. The molecule has 7 saturated carbocycles. The number of aromatic hydroxyl groups is 1. The van der Waals surface area contributed by atoms with Crippen LogP contribution >= 0.6 is 0 Å². The smallest absolute Gasteiger partial charge is 0.202 e. The summed E-state index contributed by atoms with van der Waals surface area (Å²) in [7, 11) is 1.49. The Morgan fingerprint density at radius 1 is 0.883 bits per heavy atom. The Balaban J connectivity index is 0.817. The van der Waals surface area contributed by atoms with Crippen LogP contribution in [-0.2, 0) is 35.3 Å². The molecular formula is C80H102N8O6. The number of phenols is 1. The molecular weight excluding hydrogens is 1170 g/mol. The summed E-state index contributed by atoms with van der Waals surface area (Å²) < 4.78 is 5.70. The lowest BCUT2D eigenvalue weighted by Crippen LogP contribution is -2.57. The summed E-state index contributed by atoms with van der Waals surface area (Å²) >= 11 is 0. The van der Waals surface area contributed by atoms with Crippen LogP contribution in [0, 0.1) is 81.5 Å². The van der Waals surface area contributed by atoms with Gasteiger partial charge in [0.05, 0.1) is 38.4 Å². The van der Waals surface area contributed by atoms with Crippen molar-refractivity contribution >= 4 is 23.1 Å². The number of aliphatic hydroxyl groups is 2. The highest BCUT2D eigenvalue weighted by atomic mass is 16.5. The Bertz CT molecular complexity index is 3630. The van der Waals surface area contributed by atoms with Gasteiger partial charge in [0.15, 0.2) is 17.3 Å². The van der Waals surface area contributed by atoms with Gasteiger partial charge in [0.2, 0.25) is 5.96 Å². The zero-order valence-corrected chi connectivity index (χ0v) is 55.4. The number of guanidine groups is 1. The van der Waals surface area contributed by atoms with Crippen molar-refractivity contribution in [2.45, 2.75) is 191 Å². The number of aryl methyl sites for hydroxylation is 2. The van der Waals surface area contributed by atoms with E-state index >= 15 is 0 Å². The number of Topliss-reactive ketones (excluding diaryl/α,β-unsaturated/α-hetero) is 1. The van der Waals surface area contributed by atoms with Crippen molar-refractivity contribution in [3.8, 4) is 23.5 Å². The molecule has 14 nitrogen and oxygen atoms in total. The van der Waals surface area contributed by atoms with Gasteiger partial charge < -0.3 is 58.1 Å². The van der Waals surface area contributed by atoms with E-state index in [-0.39, 0.29) is 75.7 Å². The number of ether oxygens (including phenoxy) is 1. The molecule has 3 aromatic rings. The molecule has 0 radical (unpaired) electrons. The minimum Gasteiger partial charge on any atom is -0.504 e. The summed E-state index contributed by atoms with van der Waals surface area (Å²) in [6.07, 6.45) is 31.2. The highest BCUT2D eigenvalue weighted by Gasteiger charge is 2.72. The fourth-order valence-corrected chi connectivity index (χ4v) is 23.0. The molecule has 3 aromatic carbocycles. The van der Waals surface area contributed by atoms with Crippen LogP contribution in [0.25, 0.3) is 5.57 Å². The molecule has 2 spiro atoms.